The molecule has 3 heterocycles. The number of carboxylic acids is 2. The molecule has 0 unspecified atom stereocenters. The molecular weight excluding hydrogens is 506 g/mol. The SMILES string of the molecule is COC(=O)CCc1c(Cc2[nH]c(Cc3[nH]c(C(=O)O)c(C)c3CCC(=O)OC)c(C)c2C)[nH]c(C(=O)O)c1C. The van der Waals surface area contributed by atoms with Crippen LogP contribution in [0.5, 0.6) is 0 Å². The maximum absolute atomic E-state index is 11.8. The zero-order valence-electron chi connectivity index (χ0n) is 23.1. The molecule has 0 fully saturated rings. The fourth-order valence-electron chi connectivity index (χ4n) is 4.99. The summed E-state index contributed by atoms with van der Waals surface area (Å²) in [7, 11) is 2.63. The van der Waals surface area contributed by atoms with Gasteiger partial charge in [0.25, 0.3) is 0 Å². The minimum absolute atomic E-state index is 0.0873. The Labute approximate surface area is 225 Å². The van der Waals surface area contributed by atoms with Crippen molar-refractivity contribution in [2.75, 3.05) is 14.2 Å². The third kappa shape index (κ3) is 6.24. The van der Waals surface area contributed by atoms with E-state index >= 15 is 0 Å². The number of esters is 2. The predicted molar refractivity (Wildman–Crippen MR) is 142 cm³/mol. The van der Waals surface area contributed by atoms with Crippen molar-refractivity contribution in [3.63, 3.8) is 0 Å². The highest BCUT2D eigenvalue weighted by atomic mass is 16.5. The summed E-state index contributed by atoms with van der Waals surface area (Å²) in [6.45, 7) is 7.37. The van der Waals surface area contributed by atoms with Gasteiger partial charge in [-0.3, -0.25) is 9.59 Å². The van der Waals surface area contributed by atoms with Gasteiger partial charge >= 0.3 is 23.9 Å². The van der Waals surface area contributed by atoms with E-state index in [1.165, 1.54) is 14.2 Å². The molecule has 0 amide bonds. The Balaban J connectivity index is 1.96. The van der Waals surface area contributed by atoms with Crippen LogP contribution in [-0.4, -0.2) is 63.3 Å². The van der Waals surface area contributed by atoms with Crippen LogP contribution in [0, 0.1) is 27.7 Å². The smallest absolute Gasteiger partial charge is 0.352 e. The number of H-pyrrole nitrogens is 3. The molecule has 0 aliphatic rings. The molecule has 11 heteroatoms. The Morgan fingerprint density at radius 3 is 1.26 bits per heavy atom. The van der Waals surface area contributed by atoms with Gasteiger partial charge in [0.2, 0.25) is 0 Å². The summed E-state index contributed by atoms with van der Waals surface area (Å²) in [5.41, 5.74) is 8.01. The number of hydrogen-bond donors (Lipinski definition) is 5. The van der Waals surface area contributed by atoms with Crippen LogP contribution in [0.1, 0.15) is 90.0 Å². The Hall–Kier alpha value is -4.28. The topological polar surface area (TPSA) is 175 Å². The van der Waals surface area contributed by atoms with Crippen molar-refractivity contribution in [2.45, 2.75) is 66.2 Å². The highest BCUT2D eigenvalue weighted by Crippen LogP contribution is 2.29. The van der Waals surface area contributed by atoms with Gasteiger partial charge in [-0.1, -0.05) is 0 Å². The quantitative estimate of drug-likeness (QED) is 0.216. The Morgan fingerprint density at radius 1 is 0.590 bits per heavy atom. The number of carboxylic acid groups (broad SMARTS) is 2. The van der Waals surface area contributed by atoms with Crippen LogP contribution < -0.4 is 0 Å². The summed E-state index contributed by atoms with van der Waals surface area (Å²) in [6, 6.07) is 0. The minimum atomic E-state index is -1.08. The maximum atomic E-state index is 11.8. The summed E-state index contributed by atoms with van der Waals surface area (Å²) in [6.07, 6.45) is 1.70. The van der Waals surface area contributed by atoms with E-state index in [1.807, 2.05) is 13.8 Å². The number of methoxy groups -OCH3 is 2. The third-order valence-corrected chi connectivity index (χ3v) is 7.45. The number of carbonyl (C=O) groups excluding carboxylic acids is 2. The number of carbonyl (C=O) groups is 4. The van der Waals surface area contributed by atoms with Gasteiger partial charge in [-0.2, -0.15) is 0 Å². The lowest BCUT2D eigenvalue weighted by atomic mass is 10.00. The second kappa shape index (κ2) is 12.1. The number of aromatic nitrogens is 3. The molecule has 210 valence electrons. The maximum Gasteiger partial charge on any atom is 0.352 e. The molecule has 0 spiro atoms. The average molecular weight is 542 g/mol. The first-order chi connectivity index (χ1) is 18.4. The van der Waals surface area contributed by atoms with Gasteiger partial charge in [0, 0.05) is 48.5 Å². The van der Waals surface area contributed by atoms with Gasteiger partial charge < -0.3 is 34.6 Å². The average Bonchev–Trinajstić information content (AvgIpc) is 3.48. The van der Waals surface area contributed by atoms with E-state index in [0.717, 1.165) is 33.6 Å². The summed E-state index contributed by atoms with van der Waals surface area (Å²) in [5.74, 6) is -2.90. The second-order valence-electron chi connectivity index (χ2n) is 9.61. The largest absolute Gasteiger partial charge is 0.477 e. The molecule has 0 radical (unpaired) electrons. The van der Waals surface area contributed by atoms with Crippen LogP contribution in [0.15, 0.2) is 0 Å². The zero-order chi connectivity index (χ0) is 29.0. The van der Waals surface area contributed by atoms with Crippen molar-refractivity contribution in [2.24, 2.45) is 0 Å². The van der Waals surface area contributed by atoms with E-state index in [9.17, 15) is 29.4 Å². The standard InChI is InChI=1S/C28H35N3O8/c1-13-14(2)20(12-22-18(8-10-24(33)39-6)16(4)26(31-22)28(36)37)29-19(13)11-21-17(7-9-23(32)38-5)15(3)25(30-21)27(34)35/h29-31H,7-12H2,1-6H3,(H,34,35)(H,36,37). The van der Waals surface area contributed by atoms with Crippen molar-refractivity contribution >= 4 is 23.9 Å². The van der Waals surface area contributed by atoms with Crippen molar-refractivity contribution < 1.29 is 38.9 Å². The number of ether oxygens (including phenoxy) is 2. The van der Waals surface area contributed by atoms with E-state index < -0.39 is 11.9 Å². The lowest BCUT2D eigenvalue weighted by Crippen LogP contribution is -2.05. The molecule has 5 N–H and O–H groups in total. The summed E-state index contributed by atoms with van der Waals surface area (Å²) < 4.78 is 9.51. The first-order valence-electron chi connectivity index (χ1n) is 12.6. The van der Waals surface area contributed by atoms with Crippen LogP contribution in [0.25, 0.3) is 0 Å². The molecule has 3 rings (SSSR count). The Morgan fingerprint density at radius 2 is 0.949 bits per heavy atom. The molecule has 0 aliphatic carbocycles. The molecule has 0 saturated heterocycles. The van der Waals surface area contributed by atoms with Gasteiger partial charge in [-0.25, -0.2) is 9.59 Å². The van der Waals surface area contributed by atoms with Gasteiger partial charge in [-0.15, -0.1) is 0 Å². The van der Waals surface area contributed by atoms with E-state index in [-0.39, 0.29) is 36.2 Å². The van der Waals surface area contributed by atoms with Crippen LogP contribution in [0.3, 0.4) is 0 Å². The highest BCUT2D eigenvalue weighted by Gasteiger charge is 2.24. The summed E-state index contributed by atoms with van der Waals surface area (Å²) in [5, 5.41) is 19.3. The highest BCUT2D eigenvalue weighted by molar-refractivity contribution is 5.88. The van der Waals surface area contributed by atoms with Crippen LogP contribution in [-0.2, 0) is 44.7 Å². The molecule has 0 aliphatic heterocycles. The lowest BCUT2D eigenvalue weighted by molar-refractivity contribution is -0.141. The molecule has 3 aromatic rings. The molecule has 39 heavy (non-hydrogen) atoms. The lowest BCUT2D eigenvalue weighted by Gasteiger charge is -2.06. The fourth-order valence-corrected chi connectivity index (χ4v) is 4.99. The number of aromatic amines is 3. The molecule has 11 nitrogen and oxygen atoms in total. The summed E-state index contributed by atoms with van der Waals surface area (Å²) >= 11 is 0. The number of aromatic carboxylic acids is 2. The zero-order valence-corrected chi connectivity index (χ0v) is 23.1. The molecule has 3 aromatic heterocycles. The van der Waals surface area contributed by atoms with Crippen LogP contribution >= 0.6 is 0 Å². The normalized spacial score (nSPS) is 11.0. The monoisotopic (exact) mass is 541 g/mol. The Bertz CT molecular complexity index is 1320. The molecule has 0 saturated carbocycles. The number of hydrogen-bond acceptors (Lipinski definition) is 6. The van der Waals surface area contributed by atoms with Gasteiger partial charge in [0.05, 0.1) is 14.2 Å². The van der Waals surface area contributed by atoms with Crippen LogP contribution in [0.4, 0.5) is 0 Å². The van der Waals surface area contributed by atoms with Crippen molar-refractivity contribution in [3.05, 3.63) is 67.5 Å². The summed E-state index contributed by atoms with van der Waals surface area (Å²) in [4.78, 5) is 56.6. The van der Waals surface area contributed by atoms with E-state index in [1.54, 1.807) is 13.8 Å². The third-order valence-electron chi connectivity index (χ3n) is 7.45. The molecule has 0 bridgehead atoms. The van der Waals surface area contributed by atoms with E-state index in [4.69, 9.17) is 9.47 Å². The first kappa shape index (κ1) is 29.3. The molecule has 0 aromatic carbocycles. The number of rotatable bonds is 12. The first-order valence-corrected chi connectivity index (χ1v) is 12.6. The van der Waals surface area contributed by atoms with Crippen molar-refractivity contribution in [1.82, 2.24) is 15.0 Å². The fraction of sp³-hybridized carbons (Fsp3) is 0.429. The van der Waals surface area contributed by atoms with Gasteiger partial charge in [0.15, 0.2) is 0 Å². The molecular formula is C28H35N3O8. The van der Waals surface area contributed by atoms with Crippen molar-refractivity contribution in [3.8, 4) is 0 Å². The van der Waals surface area contributed by atoms with E-state index in [2.05, 4.69) is 15.0 Å². The molecule has 0 atom stereocenters. The Kier molecular flexibility index (Phi) is 9.05. The predicted octanol–water partition coefficient (Wildman–Crippen LogP) is 3.69. The van der Waals surface area contributed by atoms with Gasteiger partial charge in [-0.05, 0) is 73.9 Å². The number of nitrogens with one attached hydrogen (secondary N) is 3. The minimum Gasteiger partial charge on any atom is -0.477 e. The van der Waals surface area contributed by atoms with Crippen LogP contribution in [0.2, 0.25) is 0 Å². The second-order valence-corrected chi connectivity index (χ2v) is 9.61. The van der Waals surface area contributed by atoms with Gasteiger partial charge in [0.1, 0.15) is 11.4 Å². The van der Waals surface area contributed by atoms with Crippen molar-refractivity contribution in [1.29, 1.82) is 0 Å². The van der Waals surface area contributed by atoms with E-state index in [0.29, 0.717) is 48.2 Å².